The summed E-state index contributed by atoms with van der Waals surface area (Å²) in [6, 6.07) is 13.4. The minimum Gasteiger partial charge on any atom is -0.495 e. The SMILES string of the molecule is COc1ccc(C(C)(C)C)cc1NC(=O)[C@H](c1ccc(Cl)cc1)C(C)C. The van der Waals surface area contributed by atoms with Gasteiger partial charge in [-0.3, -0.25) is 4.79 Å². The molecule has 0 heterocycles. The van der Waals surface area contributed by atoms with Crippen LogP contribution in [0, 0.1) is 5.92 Å². The zero-order chi connectivity index (χ0) is 19.5. The Bertz CT molecular complexity index is 761. The number of nitrogens with one attached hydrogen (secondary N) is 1. The van der Waals surface area contributed by atoms with Gasteiger partial charge in [-0.25, -0.2) is 0 Å². The molecule has 0 aliphatic rings. The summed E-state index contributed by atoms with van der Waals surface area (Å²) < 4.78 is 5.44. The first kappa shape index (κ1) is 20.3. The van der Waals surface area contributed by atoms with Gasteiger partial charge < -0.3 is 10.1 Å². The van der Waals surface area contributed by atoms with Crippen LogP contribution in [-0.4, -0.2) is 13.0 Å². The Morgan fingerprint density at radius 1 is 1.08 bits per heavy atom. The molecule has 0 saturated carbocycles. The fourth-order valence-corrected chi connectivity index (χ4v) is 3.12. The molecule has 0 aromatic heterocycles. The number of halogens is 1. The fraction of sp³-hybridized carbons (Fsp3) is 0.409. The van der Waals surface area contributed by atoms with Gasteiger partial charge >= 0.3 is 0 Å². The van der Waals surface area contributed by atoms with Gasteiger partial charge in [-0.2, -0.15) is 0 Å². The lowest BCUT2D eigenvalue weighted by atomic mass is 9.86. The number of hydrogen-bond acceptors (Lipinski definition) is 2. The Hall–Kier alpha value is -2.00. The highest BCUT2D eigenvalue weighted by molar-refractivity contribution is 6.30. The number of amides is 1. The van der Waals surface area contributed by atoms with Crippen molar-refractivity contribution in [2.45, 2.75) is 46.0 Å². The van der Waals surface area contributed by atoms with Crippen LogP contribution in [0.3, 0.4) is 0 Å². The van der Waals surface area contributed by atoms with Gasteiger partial charge in [0.15, 0.2) is 0 Å². The van der Waals surface area contributed by atoms with Crippen LogP contribution in [0.1, 0.15) is 51.7 Å². The number of rotatable bonds is 5. The van der Waals surface area contributed by atoms with E-state index in [1.54, 1.807) is 7.11 Å². The molecular weight excluding hydrogens is 346 g/mol. The number of benzene rings is 2. The van der Waals surface area contributed by atoms with E-state index >= 15 is 0 Å². The molecular formula is C22H28ClNO2. The number of methoxy groups -OCH3 is 1. The topological polar surface area (TPSA) is 38.3 Å². The maximum Gasteiger partial charge on any atom is 0.232 e. The minimum atomic E-state index is -0.268. The van der Waals surface area contributed by atoms with E-state index in [1.807, 2.05) is 56.3 Å². The first-order valence-corrected chi connectivity index (χ1v) is 9.26. The first-order chi connectivity index (χ1) is 12.1. The normalized spacial score (nSPS) is 12.8. The molecule has 4 heteroatoms. The summed E-state index contributed by atoms with van der Waals surface area (Å²) in [5, 5.41) is 3.73. The predicted molar refractivity (Wildman–Crippen MR) is 109 cm³/mol. The van der Waals surface area contributed by atoms with E-state index in [9.17, 15) is 4.79 Å². The highest BCUT2D eigenvalue weighted by Gasteiger charge is 2.25. The summed E-state index contributed by atoms with van der Waals surface area (Å²) >= 11 is 5.99. The van der Waals surface area contributed by atoms with E-state index in [-0.39, 0.29) is 23.2 Å². The second kappa shape index (κ2) is 8.13. The fourth-order valence-electron chi connectivity index (χ4n) is 2.99. The third-order valence-electron chi connectivity index (χ3n) is 4.50. The van der Waals surface area contributed by atoms with E-state index in [1.165, 1.54) is 0 Å². The van der Waals surface area contributed by atoms with Crippen molar-refractivity contribution in [3.63, 3.8) is 0 Å². The molecule has 0 fully saturated rings. The Balaban J connectivity index is 2.35. The molecule has 1 amide bonds. The molecule has 0 aliphatic carbocycles. The highest BCUT2D eigenvalue weighted by Crippen LogP contribution is 2.33. The van der Waals surface area contributed by atoms with Gasteiger partial charge in [-0.15, -0.1) is 0 Å². The number of carbonyl (C=O) groups is 1. The molecule has 140 valence electrons. The molecule has 1 atom stereocenters. The molecule has 0 bridgehead atoms. The van der Waals surface area contributed by atoms with Crippen LogP contribution >= 0.6 is 11.6 Å². The van der Waals surface area contributed by atoms with Crippen molar-refractivity contribution in [2.75, 3.05) is 12.4 Å². The van der Waals surface area contributed by atoms with E-state index in [2.05, 4.69) is 26.1 Å². The molecule has 2 aromatic carbocycles. The Morgan fingerprint density at radius 2 is 1.69 bits per heavy atom. The average Bonchev–Trinajstić information content (AvgIpc) is 2.55. The standard InChI is InChI=1S/C22H28ClNO2/c1-14(2)20(15-7-10-17(23)11-8-15)21(25)24-18-13-16(22(3,4)5)9-12-19(18)26-6/h7-14,20H,1-6H3,(H,24,25)/t20-/m0/s1. The van der Waals surface area contributed by atoms with Crippen LogP contribution in [0.15, 0.2) is 42.5 Å². The van der Waals surface area contributed by atoms with E-state index in [0.717, 1.165) is 11.1 Å². The predicted octanol–water partition coefficient (Wildman–Crippen LogP) is 6.02. The summed E-state index contributed by atoms with van der Waals surface area (Å²) in [6.45, 7) is 10.5. The summed E-state index contributed by atoms with van der Waals surface area (Å²) in [6.07, 6.45) is 0. The summed E-state index contributed by atoms with van der Waals surface area (Å²) in [4.78, 5) is 13.1. The second-order valence-electron chi connectivity index (χ2n) is 7.93. The van der Waals surface area contributed by atoms with E-state index in [4.69, 9.17) is 16.3 Å². The zero-order valence-electron chi connectivity index (χ0n) is 16.4. The van der Waals surface area contributed by atoms with Crippen LogP contribution < -0.4 is 10.1 Å². The quantitative estimate of drug-likeness (QED) is 0.695. The summed E-state index contributed by atoms with van der Waals surface area (Å²) in [5.41, 5.74) is 2.78. The Labute approximate surface area is 161 Å². The summed E-state index contributed by atoms with van der Waals surface area (Å²) in [5.74, 6) is 0.486. The van der Waals surface area contributed by atoms with Crippen LogP contribution in [0.2, 0.25) is 5.02 Å². The van der Waals surface area contributed by atoms with Crippen molar-refractivity contribution in [1.82, 2.24) is 0 Å². The van der Waals surface area contributed by atoms with Gasteiger partial charge in [0.2, 0.25) is 5.91 Å². The number of anilines is 1. The monoisotopic (exact) mass is 373 g/mol. The van der Waals surface area contributed by atoms with Gasteiger partial charge in [0.05, 0.1) is 18.7 Å². The van der Waals surface area contributed by atoms with E-state index < -0.39 is 0 Å². The second-order valence-corrected chi connectivity index (χ2v) is 8.36. The van der Waals surface area contributed by atoms with Gasteiger partial charge in [0.1, 0.15) is 5.75 Å². The third-order valence-corrected chi connectivity index (χ3v) is 4.75. The molecule has 0 spiro atoms. The van der Waals surface area contributed by atoms with Crippen LogP contribution in [0.4, 0.5) is 5.69 Å². The van der Waals surface area contributed by atoms with Crippen LogP contribution in [0.5, 0.6) is 5.75 Å². The minimum absolute atomic E-state index is 0.0145. The summed E-state index contributed by atoms with van der Waals surface area (Å²) in [7, 11) is 1.61. The van der Waals surface area contributed by atoms with Gasteiger partial charge in [-0.05, 0) is 46.7 Å². The average molecular weight is 374 g/mol. The highest BCUT2D eigenvalue weighted by atomic mass is 35.5. The lowest BCUT2D eigenvalue weighted by Gasteiger charge is -2.24. The lowest BCUT2D eigenvalue weighted by molar-refractivity contribution is -0.118. The van der Waals surface area contributed by atoms with Crippen molar-refractivity contribution in [3.05, 3.63) is 58.6 Å². The molecule has 3 nitrogen and oxygen atoms in total. The van der Waals surface area contributed by atoms with Gasteiger partial charge in [-0.1, -0.05) is 64.4 Å². The lowest BCUT2D eigenvalue weighted by Crippen LogP contribution is -2.25. The smallest absolute Gasteiger partial charge is 0.232 e. The van der Waals surface area contributed by atoms with Gasteiger partial charge in [0.25, 0.3) is 0 Å². The zero-order valence-corrected chi connectivity index (χ0v) is 17.1. The third kappa shape index (κ3) is 4.79. The largest absolute Gasteiger partial charge is 0.495 e. The molecule has 0 unspecified atom stereocenters. The van der Waals surface area contributed by atoms with Crippen LogP contribution in [0.25, 0.3) is 0 Å². The first-order valence-electron chi connectivity index (χ1n) is 8.88. The number of hydrogen-bond donors (Lipinski definition) is 1. The van der Waals surface area contributed by atoms with Crippen molar-refractivity contribution in [3.8, 4) is 5.75 Å². The molecule has 26 heavy (non-hydrogen) atoms. The number of carbonyl (C=O) groups excluding carboxylic acids is 1. The Morgan fingerprint density at radius 3 is 2.19 bits per heavy atom. The van der Waals surface area contributed by atoms with Gasteiger partial charge in [0, 0.05) is 5.02 Å². The van der Waals surface area contributed by atoms with E-state index in [0.29, 0.717) is 16.5 Å². The maximum absolute atomic E-state index is 13.1. The molecule has 2 rings (SSSR count). The molecule has 1 N–H and O–H groups in total. The molecule has 0 saturated heterocycles. The van der Waals surface area contributed by atoms with Crippen molar-refractivity contribution >= 4 is 23.2 Å². The Kier molecular flexibility index (Phi) is 6.35. The maximum atomic E-state index is 13.1. The molecule has 0 radical (unpaired) electrons. The molecule has 2 aromatic rings. The van der Waals surface area contributed by atoms with Crippen molar-refractivity contribution in [2.24, 2.45) is 5.92 Å². The van der Waals surface area contributed by atoms with Crippen molar-refractivity contribution < 1.29 is 9.53 Å². The van der Waals surface area contributed by atoms with Crippen LogP contribution in [-0.2, 0) is 10.2 Å². The molecule has 0 aliphatic heterocycles. The number of ether oxygens (including phenoxy) is 1. The van der Waals surface area contributed by atoms with Crippen molar-refractivity contribution in [1.29, 1.82) is 0 Å².